The maximum absolute atomic E-state index is 13.3. The molecule has 0 fully saturated rings. The lowest BCUT2D eigenvalue weighted by Crippen LogP contribution is -2.36. The molecule has 2 aromatic heterocycles. The first kappa shape index (κ1) is 21.0. The van der Waals surface area contributed by atoms with Crippen molar-refractivity contribution in [2.24, 2.45) is 0 Å². The molecule has 5 rings (SSSR count). The maximum atomic E-state index is 13.3. The normalized spacial score (nSPS) is 13.4. The van der Waals surface area contributed by atoms with Gasteiger partial charge in [-0.2, -0.15) is 0 Å². The molecule has 4 aromatic rings. The quantitative estimate of drug-likeness (QED) is 0.505. The molecule has 0 atom stereocenters. The Bertz CT molecular complexity index is 1440. The molecule has 1 aliphatic heterocycles. The molecule has 1 N–H and O–H groups in total. The highest BCUT2D eigenvalue weighted by Gasteiger charge is 2.24. The van der Waals surface area contributed by atoms with E-state index in [4.69, 9.17) is 9.47 Å². The standard InChI is InChI=1S/C24H25N5O4/c1-4-5-21-26-27-22-23(30)25-17-10-15(6-7-18(17)29(21)22)24(31)28-9-8-14-11-19(32-2)20(33-3)12-16(14)13-28/h6-7,10-12H,4-5,8-9,13H2,1-3H3,(H,25,30). The van der Waals surface area contributed by atoms with Crippen LogP contribution in [0.2, 0.25) is 0 Å². The number of methoxy groups -OCH3 is 2. The maximum Gasteiger partial charge on any atom is 0.294 e. The van der Waals surface area contributed by atoms with Gasteiger partial charge in [-0.3, -0.25) is 14.0 Å². The second kappa shape index (κ2) is 8.23. The lowest BCUT2D eigenvalue weighted by Gasteiger charge is -2.29. The van der Waals surface area contributed by atoms with Crippen LogP contribution in [-0.4, -0.2) is 51.2 Å². The van der Waals surface area contributed by atoms with Gasteiger partial charge in [0.1, 0.15) is 5.82 Å². The molecule has 33 heavy (non-hydrogen) atoms. The van der Waals surface area contributed by atoms with E-state index < -0.39 is 0 Å². The van der Waals surface area contributed by atoms with Crippen LogP contribution in [0.4, 0.5) is 0 Å². The highest BCUT2D eigenvalue weighted by atomic mass is 16.5. The largest absolute Gasteiger partial charge is 0.493 e. The second-order valence-corrected chi connectivity index (χ2v) is 8.16. The van der Waals surface area contributed by atoms with Crippen LogP contribution in [-0.2, 0) is 19.4 Å². The number of hydrogen-bond acceptors (Lipinski definition) is 6. The lowest BCUT2D eigenvalue weighted by molar-refractivity contribution is 0.0734. The fourth-order valence-electron chi connectivity index (χ4n) is 4.48. The minimum Gasteiger partial charge on any atom is -0.493 e. The summed E-state index contributed by atoms with van der Waals surface area (Å²) in [5.74, 6) is 1.99. The van der Waals surface area contributed by atoms with Crippen molar-refractivity contribution in [2.75, 3.05) is 20.8 Å². The van der Waals surface area contributed by atoms with E-state index in [1.165, 1.54) is 0 Å². The predicted molar refractivity (Wildman–Crippen MR) is 123 cm³/mol. The molecule has 0 saturated carbocycles. The van der Waals surface area contributed by atoms with Gasteiger partial charge in [0, 0.05) is 25.1 Å². The van der Waals surface area contributed by atoms with E-state index in [9.17, 15) is 9.59 Å². The van der Waals surface area contributed by atoms with Gasteiger partial charge >= 0.3 is 0 Å². The fourth-order valence-corrected chi connectivity index (χ4v) is 4.48. The average Bonchev–Trinajstić information content (AvgIpc) is 3.27. The summed E-state index contributed by atoms with van der Waals surface area (Å²) in [7, 11) is 3.22. The zero-order chi connectivity index (χ0) is 23.1. The van der Waals surface area contributed by atoms with Gasteiger partial charge in [0.25, 0.3) is 11.5 Å². The summed E-state index contributed by atoms with van der Waals surface area (Å²) >= 11 is 0. The molecule has 2 aromatic carbocycles. The first-order valence-corrected chi connectivity index (χ1v) is 11.0. The van der Waals surface area contributed by atoms with Crippen LogP contribution in [0, 0.1) is 0 Å². The molecule has 1 aliphatic rings. The molecule has 0 saturated heterocycles. The first-order valence-electron chi connectivity index (χ1n) is 11.0. The number of benzene rings is 2. The van der Waals surface area contributed by atoms with E-state index in [-0.39, 0.29) is 17.1 Å². The molecule has 1 amide bonds. The number of carbonyl (C=O) groups is 1. The molecule has 0 unspecified atom stereocenters. The number of nitrogens with zero attached hydrogens (tertiary/aromatic N) is 4. The summed E-state index contributed by atoms with van der Waals surface area (Å²) in [6.07, 6.45) is 2.33. The zero-order valence-corrected chi connectivity index (χ0v) is 18.8. The molecular formula is C24H25N5O4. The van der Waals surface area contributed by atoms with Gasteiger partial charge < -0.3 is 19.4 Å². The monoisotopic (exact) mass is 447 g/mol. The Morgan fingerprint density at radius 3 is 2.58 bits per heavy atom. The Morgan fingerprint density at radius 1 is 1.09 bits per heavy atom. The average molecular weight is 447 g/mol. The number of hydrogen-bond donors (Lipinski definition) is 1. The van der Waals surface area contributed by atoms with E-state index in [0.29, 0.717) is 42.1 Å². The Labute approximate surface area is 190 Å². The number of ether oxygens (including phenoxy) is 2. The number of aryl methyl sites for hydroxylation is 1. The first-order chi connectivity index (χ1) is 16.0. The Morgan fingerprint density at radius 2 is 1.85 bits per heavy atom. The molecule has 0 radical (unpaired) electrons. The molecule has 3 heterocycles. The van der Waals surface area contributed by atoms with Crippen LogP contribution < -0.4 is 15.0 Å². The van der Waals surface area contributed by atoms with Crippen molar-refractivity contribution < 1.29 is 14.3 Å². The van der Waals surface area contributed by atoms with Crippen LogP contribution in [0.5, 0.6) is 11.5 Å². The van der Waals surface area contributed by atoms with Gasteiger partial charge in [0.05, 0.1) is 25.3 Å². The molecular weight excluding hydrogens is 422 g/mol. The van der Waals surface area contributed by atoms with Crippen molar-refractivity contribution in [1.82, 2.24) is 24.5 Å². The van der Waals surface area contributed by atoms with Gasteiger partial charge in [-0.15, -0.1) is 10.2 Å². The summed E-state index contributed by atoms with van der Waals surface area (Å²) < 4.78 is 12.6. The Kier molecular flexibility index (Phi) is 5.24. The number of amides is 1. The minimum absolute atomic E-state index is 0.0872. The van der Waals surface area contributed by atoms with Crippen LogP contribution in [0.25, 0.3) is 16.7 Å². The predicted octanol–water partition coefficient (Wildman–Crippen LogP) is 2.74. The van der Waals surface area contributed by atoms with Crippen molar-refractivity contribution in [2.45, 2.75) is 32.7 Å². The van der Waals surface area contributed by atoms with Gasteiger partial charge in [-0.25, -0.2) is 0 Å². The third kappa shape index (κ3) is 3.49. The second-order valence-electron chi connectivity index (χ2n) is 8.16. The topological polar surface area (TPSA) is 102 Å². The Hall–Kier alpha value is -3.88. The van der Waals surface area contributed by atoms with E-state index in [0.717, 1.165) is 35.3 Å². The van der Waals surface area contributed by atoms with Gasteiger partial charge in [-0.05, 0) is 54.3 Å². The fraction of sp³-hybridized carbons (Fsp3) is 0.333. The highest BCUT2D eigenvalue weighted by Crippen LogP contribution is 2.33. The van der Waals surface area contributed by atoms with E-state index in [1.54, 1.807) is 30.8 Å². The number of fused-ring (bicyclic) bond motifs is 4. The van der Waals surface area contributed by atoms with Crippen LogP contribution in [0.15, 0.2) is 35.1 Å². The lowest BCUT2D eigenvalue weighted by atomic mass is 9.98. The van der Waals surface area contributed by atoms with Crippen molar-refractivity contribution >= 4 is 22.6 Å². The number of rotatable bonds is 5. The molecule has 0 spiro atoms. The minimum atomic E-state index is -0.324. The number of aromatic nitrogens is 4. The summed E-state index contributed by atoms with van der Waals surface area (Å²) in [5.41, 5.74) is 4.01. The van der Waals surface area contributed by atoms with Crippen molar-refractivity contribution in [3.63, 3.8) is 0 Å². The summed E-state index contributed by atoms with van der Waals surface area (Å²) in [5, 5.41) is 8.21. The van der Waals surface area contributed by atoms with Crippen molar-refractivity contribution in [3.8, 4) is 11.5 Å². The Balaban J connectivity index is 1.50. The number of carbonyl (C=O) groups excluding carboxylic acids is 1. The van der Waals surface area contributed by atoms with E-state index in [2.05, 4.69) is 22.1 Å². The third-order valence-electron chi connectivity index (χ3n) is 6.14. The summed E-state index contributed by atoms with van der Waals surface area (Å²) in [4.78, 5) is 30.6. The molecule has 0 bridgehead atoms. The van der Waals surface area contributed by atoms with Crippen molar-refractivity contribution in [1.29, 1.82) is 0 Å². The highest BCUT2D eigenvalue weighted by molar-refractivity contribution is 5.97. The van der Waals surface area contributed by atoms with Crippen molar-refractivity contribution in [3.05, 3.63) is 63.2 Å². The van der Waals surface area contributed by atoms with E-state index in [1.807, 2.05) is 23.1 Å². The number of aromatic amines is 1. The molecule has 9 heteroatoms. The van der Waals surface area contributed by atoms with Crippen LogP contribution >= 0.6 is 0 Å². The summed E-state index contributed by atoms with van der Waals surface area (Å²) in [6.45, 7) is 3.13. The smallest absolute Gasteiger partial charge is 0.294 e. The summed E-state index contributed by atoms with van der Waals surface area (Å²) in [6, 6.07) is 9.29. The molecule has 170 valence electrons. The van der Waals surface area contributed by atoms with Gasteiger partial charge in [-0.1, -0.05) is 6.92 Å². The van der Waals surface area contributed by atoms with Crippen LogP contribution in [0.3, 0.4) is 0 Å². The number of nitrogens with one attached hydrogen (secondary N) is 1. The van der Waals surface area contributed by atoms with Crippen LogP contribution in [0.1, 0.15) is 40.7 Å². The van der Waals surface area contributed by atoms with Gasteiger partial charge in [0.2, 0.25) is 5.65 Å². The number of H-pyrrole nitrogens is 1. The molecule has 0 aliphatic carbocycles. The zero-order valence-electron chi connectivity index (χ0n) is 18.8. The van der Waals surface area contributed by atoms with E-state index >= 15 is 0 Å². The van der Waals surface area contributed by atoms with Gasteiger partial charge in [0.15, 0.2) is 11.5 Å². The third-order valence-corrected chi connectivity index (χ3v) is 6.14. The molecule has 9 nitrogen and oxygen atoms in total. The SMILES string of the molecule is CCCc1nnc2c(=O)[nH]c3cc(C(=O)N4CCc5cc(OC)c(OC)cc5C4)ccc3n12.